The van der Waals surface area contributed by atoms with Gasteiger partial charge in [0.15, 0.2) is 18.3 Å². The van der Waals surface area contributed by atoms with Gasteiger partial charge in [0.05, 0.1) is 9.50 Å². The molecule has 0 aliphatic rings. The van der Waals surface area contributed by atoms with E-state index in [0.29, 0.717) is 16.5 Å². The lowest BCUT2D eigenvalue weighted by molar-refractivity contribution is -0.124. The quantitative estimate of drug-likeness (QED) is 0.341. The maximum Gasteiger partial charge on any atom is 0.276 e. The predicted octanol–water partition coefficient (Wildman–Crippen LogP) is 3.91. The van der Waals surface area contributed by atoms with Crippen molar-refractivity contribution >= 4 is 72.6 Å². The van der Waals surface area contributed by atoms with E-state index in [-0.39, 0.29) is 18.3 Å². The van der Waals surface area contributed by atoms with E-state index in [9.17, 15) is 9.59 Å². The average molecular weight is 580 g/mol. The van der Waals surface area contributed by atoms with Gasteiger partial charge >= 0.3 is 0 Å². The Hall–Kier alpha value is -1.88. The summed E-state index contributed by atoms with van der Waals surface area (Å²) in [6.07, 6.45) is 0.895. The molecule has 160 valence electrons. The molecular formula is C19H18Br2ClN3O4S. The van der Waals surface area contributed by atoms with Crippen LogP contribution in [-0.2, 0) is 16.0 Å². The van der Waals surface area contributed by atoms with Crippen molar-refractivity contribution < 1.29 is 19.1 Å². The number of ether oxygens (including phenoxy) is 2. The van der Waals surface area contributed by atoms with Crippen LogP contribution in [0.25, 0.3) is 0 Å². The Balaban J connectivity index is 1.69. The minimum Gasteiger partial charge on any atom is -0.483 e. The van der Waals surface area contributed by atoms with Crippen LogP contribution in [-0.4, -0.2) is 30.1 Å². The van der Waals surface area contributed by atoms with Gasteiger partial charge in [-0.1, -0.05) is 40.5 Å². The molecule has 7 nitrogen and oxygen atoms in total. The van der Waals surface area contributed by atoms with Crippen LogP contribution in [0.3, 0.4) is 0 Å². The number of carbonyl (C=O) groups excluding carboxylic acids is 2. The van der Waals surface area contributed by atoms with Gasteiger partial charge in [-0.3, -0.25) is 25.8 Å². The Morgan fingerprint density at radius 2 is 1.67 bits per heavy atom. The van der Waals surface area contributed by atoms with Gasteiger partial charge in [-0.15, -0.1) is 0 Å². The van der Waals surface area contributed by atoms with Gasteiger partial charge in [0, 0.05) is 4.47 Å². The normalized spacial score (nSPS) is 10.1. The van der Waals surface area contributed by atoms with Crippen molar-refractivity contribution in [2.45, 2.75) is 13.3 Å². The Labute approximate surface area is 201 Å². The smallest absolute Gasteiger partial charge is 0.276 e. The molecule has 0 fully saturated rings. The molecule has 2 amide bonds. The van der Waals surface area contributed by atoms with Crippen molar-refractivity contribution in [3.05, 3.63) is 55.9 Å². The van der Waals surface area contributed by atoms with Gasteiger partial charge in [-0.05, 0) is 70.5 Å². The molecule has 0 spiro atoms. The molecule has 0 heterocycles. The summed E-state index contributed by atoms with van der Waals surface area (Å²) in [6.45, 7) is 1.51. The van der Waals surface area contributed by atoms with Crippen LogP contribution < -0.4 is 25.6 Å². The first-order chi connectivity index (χ1) is 14.3. The standard InChI is InChI=1S/C19H18Br2ClN3O4S/c1-2-11-3-5-15(13(21)7-11)28-9-17(26)23-19(30)25-24-18(27)10-29-16-6-4-12(20)8-14(16)22/h3-8H,2,9-10H2,1H3,(H,24,27)(H2,23,25,26,30). The van der Waals surface area contributed by atoms with Crippen LogP contribution in [0.15, 0.2) is 45.3 Å². The molecule has 3 N–H and O–H groups in total. The molecule has 0 aromatic heterocycles. The first kappa shape index (κ1) is 24.4. The van der Waals surface area contributed by atoms with E-state index < -0.39 is 11.8 Å². The third-order valence-corrected chi connectivity index (χ3v) is 5.20. The van der Waals surface area contributed by atoms with Crippen LogP contribution in [0.5, 0.6) is 11.5 Å². The molecule has 0 saturated heterocycles. The van der Waals surface area contributed by atoms with Crippen molar-refractivity contribution in [3.8, 4) is 11.5 Å². The number of aryl methyl sites for hydroxylation is 1. The molecule has 2 rings (SSSR count). The molecule has 2 aromatic carbocycles. The zero-order chi connectivity index (χ0) is 22.1. The third kappa shape index (κ3) is 8.10. The fourth-order valence-electron chi connectivity index (χ4n) is 2.12. The summed E-state index contributed by atoms with van der Waals surface area (Å²) >= 11 is 17.7. The summed E-state index contributed by atoms with van der Waals surface area (Å²) in [5.74, 6) is -0.0904. The van der Waals surface area contributed by atoms with Crippen LogP contribution in [0.1, 0.15) is 12.5 Å². The monoisotopic (exact) mass is 577 g/mol. The average Bonchev–Trinajstić information content (AvgIpc) is 2.70. The summed E-state index contributed by atoms with van der Waals surface area (Å²) in [7, 11) is 0. The van der Waals surface area contributed by atoms with Crippen LogP contribution in [0.2, 0.25) is 5.02 Å². The van der Waals surface area contributed by atoms with Gasteiger partial charge in [0.25, 0.3) is 11.8 Å². The molecule has 11 heteroatoms. The van der Waals surface area contributed by atoms with Crippen molar-refractivity contribution in [1.29, 1.82) is 0 Å². The predicted molar refractivity (Wildman–Crippen MR) is 126 cm³/mol. The maximum atomic E-state index is 11.9. The topological polar surface area (TPSA) is 88.7 Å². The molecule has 2 aromatic rings. The van der Waals surface area contributed by atoms with E-state index in [1.54, 1.807) is 24.3 Å². The largest absolute Gasteiger partial charge is 0.483 e. The SMILES string of the molecule is CCc1ccc(OCC(=O)NC(=S)NNC(=O)COc2ccc(Br)cc2Cl)c(Br)c1. The zero-order valence-corrected chi connectivity index (χ0v) is 20.5. The minimum absolute atomic E-state index is 0.0842. The summed E-state index contributed by atoms with van der Waals surface area (Å²) in [4.78, 5) is 23.8. The van der Waals surface area contributed by atoms with E-state index in [1.165, 1.54) is 0 Å². The van der Waals surface area contributed by atoms with Crippen molar-refractivity contribution in [1.82, 2.24) is 16.2 Å². The summed E-state index contributed by atoms with van der Waals surface area (Å²) in [5.41, 5.74) is 5.87. The Bertz CT molecular complexity index is 946. The van der Waals surface area contributed by atoms with E-state index in [0.717, 1.165) is 20.9 Å². The van der Waals surface area contributed by atoms with Gasteiger partial charge < -0.3 is 9.47 Å². The fourth-order valence-corrected chi connectivity index (χ4v) is 3.55. The van der Waals surface area contributed by atoms with Crippen LogP contribution >= 0.6 is 55.7 Å². The third-order valence-electron chi connectivity index (χ3n) is 3.58. The molecule has 0 aliphatic heterocycles. The van der Waals surface area contributed by atoms with Crippen molar-refractivity contribution in [2.24, 2.45) is 0 Å². The van der Waals surface area contributed by atoms with Crippen LogP contribution in [0.4, 0.5) is 0 Å². The lowest BCUT2D eigenvalue weighted by Crippen LogP contribution is -2.50. The lowest BCUT2D eigenvalue weighted by Gasteiger charge is -2.13. The number of hydrogen-bond acceptors (Lipinski definition) is 5. The molecule has 0 saturated carbocycles. The highest BCUT2D eigenvalue weighted by Crippen LogP contribution is 2.27. The number of thiocarbonyl (C=S) groups is 1. The maximum absolute atomic E-state index is 11.9. The zero-order valence-electron chi connectivity index (χ0n) is 15.8. The second-order valence-corrected chi connectivity index (χ2v) is 8.41. The number of amides is 2. The second kappa shape index (κ2) is 12.1. The van der Waals surface area contributed by atoms with Gasteiger partial charge in [-0.25, -0.2) is 0 Å². The number of rotatable bonds is 7. The van der Waals surface area contributed by atoms with E-state index >= 15 is 0 Å². The molecule has 0 unspecified atom stereocenters. The van der Waals surface area contributed by atoms with E-state index in [1.807, 2.05) is 19.1 Å². The van der Waals surface area contributed by atoms with Crippen molar-refractivity contribution in [2.75, 3.05) is 13.2 Å². The number of nitrogens with one attached hydrogen (secondary N) is 3. The van der Waals surface area contributed by atoms with Gasteiger partial charge in [0.2, 0.25) is 0 Å². The second-order valence-electron chi connectivity index (χ2n) is 5.82. The number of hydrogen-bond donors (Lipinski definition) is 3. The molecule has 0 aliphatic carbocycles. The minimum atomic E-state index is -0.512. The van der Waals surface area contributed by atoms with Gasteiger partial charge in [-0.2, -0.15) is 0 Å². The molecular weight excluding hydrogens is 562 g/mol. The van der Waals surface area contributed by atoms with Gasteiger partial charge in [0.1, 0.15) is 11.5 Å². The summed E-state index contributed by atoms with van der Waals surface area (Å²) < 4.78 is 12.3. The number of hydrazine groups is 1. The first-order valence-electron chi connectivity index (χ1n) is 8.66. The Morgan fingerprint density at radius 1 is 1.00 bits per heavy atom. The highest BCUT2D eigenvalue weighted by atomic mass is 79.9. The van der Waals surface area contributed by atoms with E-state index in [2.05, 4.69) is 48.0 Å². The number of carbonyl (C=O) groups is 2. The highest BCUT2D eigenvalue weighted by molar-refractivity contribution is 9.10. The Kier molecular flexibility index (Phi) is 9.83. The molecule has 0 atom stereocenters. The highest BCUT2D eigenvalue weighted by Gasteiger charge is 2.10. The molecule has 0 bridgehead atoms. The summed E-state index contributed by atoms with van der Waals surface area (Å²) in [6, 6.07) is 10.6. The van der Waals surface area contributed by atoms with Crippen LogP contribution in [0, 0.1) is 0 Å². The molecule has 30 heavy (non-hydrogen) atoms. The summed E-state index contributed by atoms with van der Waals surface area (Å²) in [5, 5.41) is 2.68. The number of benzene rings is 2. The Morgan fingerprint density at radius 3 is 2.33 bits per heavy atom. The fraction of sp³-hybridized carbons (Fsp3) is 0.211. The first-order valence-corrected chi connectivity index (χ1v) is 11.0. The number of halogens is 3. The van der Waals surface area contributed by atoms with Crippen molar-refractivity contribution in [3.63, 3.8) is 0 Å². The molecule has 0 radical (unpaired) electrons. The van der Waals surface area contributed by atoms with E-state index in [4.69, 9.17) is 33.3 Å². The lowest BCUT2D eigenvalue weighted by atomic mass is 10.2.